The monoisotopic (exact) mass is 300 g/mol. The van der Waals surface area contributed by atoms with Gasteiger partial charge in [-0.15, -0.1) is 0 Å². The molecule has 0 unspecified atom stereocenters. The lowest BCUT2D eigenvalue weighted by Gasteiger charge is -2.33. The molecule has 2 nitrogen and oxygen atoms in total. The first kappa shape index (κ1) is 20.9. The molecule has 0 heterocycles. The molecule has 2 heteroatoms. The van der Waals surface area contributed by atoms with Gasteiger partial charge >= 0.3 is 0 Å². The maximum atomic E-state index is 5.88. The molecule has 21 heavy (non-hydrogen) atoms. The number of hydrogen-bond acceptors (Lipinski definition) is 1. The predicted octanol–water partition coefficient (Wildman–Crippen LogP) is 6.11. The molecule has 0 aliphatic carbocycles. The summed E-state index contributed by atoms with van der Waals surface area (Å²) in [5.74, 6) is 0. The van der Waals surface area contributed by atoms with Crippen LogP contribution in [0.4, 0.5) is 0 Å². The average molecular weight is 301 g/mol. The summed E-state index contributed by atoms with van der Waals surface area (Å²) >= 11 is 0. The van der Waals surface area contributed by atoms with E-state index < -0.39 is 0 Å². The van der Waals surface area contributed by atoms with Crippen LogP contribution in [-0.2, 0) is 4.84 Å². The normalized spacial score (nSPS) is 12.0. The Hall–Kier alpha value is -0.0800. The lowest BCUT2D eigenvalue weighted by molar-refractivity contribution is -1.10. The summed E-state index contributed by atoms with van der Waals surface area (Å²) in [7, 11) is 1.90. The molecule has 0 spiro atoms. The quantitative estimate of drug-likeness (QED) is 0.190. The van der Waals surface area contributed by atoms with E-state index in [1.54, 1.807) is 0 Å². The molecule has 0 N–H and O–H groups in total. The number of hydrogen-bond donors (Lipinski definition) is 0. The van der Waals surface area contributed by atoms with Crippen molar-refractivity contribution in [1.82, 2.24) is 0 Å². The number of nitrogens with zero attached hydrogens (tertiary/aromatic N) is 1. The molecule has 0 radical (unpaired) electrons. The van der Waals surface area contributed by atoms with E-state index in [4.69, 9.17) is 4.84 Å². The summed E-state index contributed by atoms with van der Waals surface area (Å²) in [5.41, 5.74) is 0. The number of quaternary nitrogens is 1. The third kappa shape index (κ3) is 11.2. The molecule has 0 amide bonds. The highest BCUT2D eigenvalue weighted by atomic mass is 16.7. The second-order valence-electron chi connectivity index (χ2n) is 6.54. The van der Waals surface area contributed by atoms with Crippen molar-refractivity contribution in [1.29, 1.82) is 0 Å². The Morgan fingerprint density at radius 3 is 1.29 bits per heavy atom. The van der Waals surface area contributed by atoms with E-state index in [-0.39, 0.29) is 0 Å². The van der Waals surface area contributed by atoms with Crippen LogP contribution in [0.5, 0.6) is 0 Å². The second-order valence-corrected chi connectivity index (χ2v) is 6.54. The van der Waals surface area contributed by atoms with Crippen LogP contribution < -0.4 is 0 Å². The topological polar surface area (TPSA) is 9.23 Å². The minimum Gasteiger partial charge on any atom is -0.206 e. The molecular formula is C19H42NO+. The van der Waals surface area contributed by atoms with Crippen molar-refractivity contribution in [3.05, 3.63) is 0 Å². The highest BCUT2D eigenvalue weighted by molar-refractivity contribution is 4.47. The van der Waals surface area contributed by atoms with Gasteiger partial charge in [-0.05, 0) is 32.6 Å². The Morgan fingerprint density at radius 2 is 0.952 bits per heavy atom. The number of hydroxylamine groups is 3. The van der Waals surface area contributed by atoms with Gasteiger partial charge in [0.1, 0.15) is 19.6 Å². The highest BCUT2D eigenvalue weighted by Crippen LogP contribution is 2.15. The van der Waals surface area contributed by atoms with Crippen LogP contribution in [0.25, 0.3) is 0 Å². The summed E-state index contributed by atoms with van der Waals surface area (Å²) in [6.07, 6.45) is 16.5. The Kier molecular flexibility index (Phi) is 14.8. The lowest BCUT2D eigenvalue weighted by atomic mass is 10.1. The molecule has 0 bridgehead atoms. The third-order valence-corrected chi connectivity index (χ3v) is 4.80. The molecule has 128 valence electrons. The average Bonchev–Trinajstić information content (AvgIpc) is 2.52. The molecule has 0 aliphatic heterocycles. The van der Waals surface area contributed by atoms with Crippen LogP contribution in [0.1, 0.15) is 97.8 Å². The first-order valence-electron chi connectivity index (χ1n) is 9.66. The van der Waals surface area contributed by atoms with Crippen molar-refractivity contribution >= 4 is 0 Å². The molecule has 0 aromatic carbocycles. The SMILES string of the molecule is CCCCCCCC[N+](CC)(CCCCCCCC)OC. The fourth-order valence-corrected chi connectivity index (χ4v) is 3.10. The van der Waals surface area contributed by atoms with Gasteiger partial charge in [0.2, 0.25) is 0 Å². The molecule has 0 aromatic heterocycles. The summed E-state index contributed by atoms with van der Waals surface area (Å²) in [5, 5.41) is 0. The van der Waals surface area contributed by atoms with Crippen LogP contribution in [0.2, 0.25) is 0 Å². The first-order chi connectivity index (χ1) is 10.2. The van der Waals surface area contributed by atoms with Crippen molar-refractivity contribution in [2.24, 2.45) is 0 Å². The van der Waals surface area contributed by atoms with Crippen molar-refractivity contribution in [3.63, 3.8) is 0 Å². The van der Waals surface area contributed by atoms with E-state index in [1.165, 1.54) is 90.1 Å². The smallest absolute Gasteiger partial charge is 0.109 e. The highest BCUT2D eigenvalue weighted by Gasteiger charge is 2.24. The third-order valence-electron chi connectivity index (χ3n) is 4.80. The Balaban J connectivity index is 3.78. The van der Waals surface area contributed by atoms with Gasteiger partial charge in [-0.25, -0.2) is 4.84 Å². The van der Waals surface area contributed by atoms with Crippen LogP contribution >= 0.6 is 0 Å². The number of rotatable bonds is 16. The summed E-state index contributed by atoms with van der Waals surface area (Å²) in [6, 6.07) is 0. The molecule has 0 fully saturated rings. The van der Waals surface area contributed by atoms with Gasteiger partial charge in [0.05, 0.1) is 7.11 Å². The van der Waals surface area contributed by atoms with Gasteiger partial charge < -0.3 is 0 Å². The summed E-state index contributed by atoms with van der Waals surface area (Å²) < 4.78 is 0.877. The van der Waals surface area contributed by atoms with Gasteiger partial charge in [0, 0.05) is 0 Å². The van der Waals surface area contributed by atoms with Crippen molar-refractivity contribution < 1.29 is 9.48 Å². The van der Waals surface area contributed by atoms with Crippen molar-refractivity contribution in [3.8, 4) is 0 Å². The molecule has 0 aromatic rings. The fourth-order valence-electron chi connectivity index (χ4n) is 3.10. The van der Waals surface area contributed by atoms with Gasteiger partial charge in [0.25, 0.3) is 0 Å². The Morgan fingerprint density at radius 1 is 0.571 bits per heavy atom. The van der Waals surface area contributed by atoms with E-state index in [1.807, 2.05) is 7.11 Å². The summed E-state index contributed by atoms with van der Waals surface area (Å²) in [4.78, 5) is 5.88. The van der Waals surface area contributed by atoms with E-state index >= 15 is 0 Å². The lowest BCUT2D eigenvalue weighted by Crippen LogP contribution is -2.48. The van der Waals surface area contributed by atoms with E-state index in [0.717, 1.165) is 11.2 Å². The maximum Gasteiger partial charge on any atom is 0.109 e. The molecule has 0 rings (SSSR count). The van der Waals surface area contributed by atoms with E-state index in [9.17, 15) is 0 Å². The largest absolute Gasteiger partial charge is 0.206 e. The Labute approximate surface area is 134 Å². The van der Waals surface area contributed by atoms with Crippen LogP contribution in [-0.4, -0.2) is 31.4 Å². The van der Waals surface area contributed by atoms with Gasteiger partial charge in [-0.3, -0.25) is 0 Å². The molecular weight excluding hydrogens is 258 g/mol. The first-order valence-corrected chi connectivity index (χ1v) is 9.66. The molecule has 0 aliphatic rings. The van der Waals surface area contributed by atoms with Crippen LogP contribution in [0.15, 0.2) is 0 Å². The molecule has 0 atom stereocenters. The second kappa shape index (κ2) is 14.8. The van der Waals surface area contributed by atoms with Gasteiger partial charge in [-0.2, -0.15) is 4.65 Å². The molecule has 0 saturated heterocycles. The zero-order valence-corrected chi connectivity index (χ0v) is 15.5. The van der Waals surface area contributed by atoms with Crippen molar-refractivity contribution in [2.75, 3.05) is 26.7 Å². The van der Waals surface area contributed by atoms with E-state index in [0.29, 0.717) is 0 Å². The van der Waals surface area contributed by atoms with Crippen LogP contribution in [0.3, 0.4) is 0 Å². The number of unbranched alkanes of at least 4 members (excludes halogenated alkanes) is 10. The minimum atomic E-state index is 0.877. The van der Waals surface area contributed by atoms with Gasteiger partial charge in [-0.1, -0.05) is 65.2 Å². The Bertz CT molecular complexity index is 184. The predicted molar refractivity (Wildman–Crippen MR) is 94.3 cm³/mol. The summed E-state index contributed by atoms with van der Waals surface area (Å²) in [6.45, 7) is 10.4. The zero-order valence-electron chi connectivity index (χ0n) is 15.5. The van der Waals surface area contributed by atoms with Gasteiger partial charge in [0.15, 0.2) is 0 Å². The zero-order chi connectivity index (χ0) is 15.8. The molecule has 0 saturated carbocycles. The standard InChI is InChI=1S/C19H42NO/c1-5-8-10-12-14-16-18-20(7-3,21-4)19-17-15-13-11-9-6-2/h5-19H2,1-4H3/q+1. The maximum absolute atomic E-state index is 5.88. The minimum absolute atomic E-state index is 0.877. The van der Waals surface area contributed by atoms with E-state index in [2.05, 4.69) is 20.8 Å². The van der Waals surface area contributed by atoms with Crippen molar-refractivity contribution in [2.45, 2.75) is 97.8 Å². The van der Waals surface area contributed by atoms with Crippen LogP contribution in [0, 0.1) is 0 Å². The fraction of sp³-hybridized carbons (Fsp3) is 1.00.